The topological polar surface area (TPSA) is 58.2 Å². The zero-order chi connectivity index (χ0) is 12.4. The molecule has 2 N–H and O–H groups in total. The summed E-state index contributed by atoms with van der Waals surface area (Å²) in [6.45, 7) is 0. The van der Waals surface area contributed by atoms with Crippen LogP contribution in [0.5, 0.6) is 0 Å². The fourth-order valence-electron chi connectivity index (χ4n) is 1.26. The van der Waals surface area contributed by atoms with Crippen molar-refractivity contribution in [2.75, 3.05) is 0 Å². The Morgan fingerprint density at radius 2 is 2.12 bits per heavy atom. The van der Waals surface area contributed by atoms with Crippen LogP contribution in [0.1, 0.15) is 5.56 Å². The van der Waals surface area contributed by atoms with Gasteiger partial charge in [-0.05, 0) is 18.2 Å². The van der Waals surface area contributed by atoms with E-state index in [1.807, 2.05) is 5.32 Å². The SMILES string of the molecule is O=C1NC(=O)C(C#Cc2cc(Cl)ccc2F)N1. The lowest BCUT2D eigenvalue weighted by atomic mass is 10.2. The van der Waals surface area contributed by atoms with Crippen molar-refractivity contribution in [3.05, 3.63) is 34.6 Å². The van der Waals surface area contributed by atoms with E-state index in [2.05, 4.69) is 17.2 Å². The zero-order valence-corrected chi connectivity index (χ0v) is 9.14. The maximum absolute atomic E-state index is 13.3. The molecule has 4 nitrogen and oxygen atoms in total. The minimum atomic E-state index is -0.958. The number of nitrogens with one attached hydrogen (secondary N) is 2. The van der Waals surface area contributed by atoms with Crippen molar-refractivity contribution in [2.24, 2.45) is 0 Å². The molecule has 0 bridgehead atoms. The van der Waals surface area contributed by atoms with Gasteiger partial charge < -0.3 is 5.32 Å². The molecule has 6 heteroatoms. The highest BCUT2D eigenvalue weighted by Crippen LogP contribution is 2.13. The normalized spacial score (nSPS) is 18.1. The molecule has 1 saturated heterocycles. The first-order valence-electron chi connectivity index (χ1n) is 4.64. The molecular weight excluding hydrogens is 247 g/mol. The fourth-order valence-corrected chi connectivity index (χ4v) is 1.43. The second kappa shape index (κ2) is 4.44. The van der Waals surface area contributed by atoms with Crippen LogP contribution < -0.4 is 10.6 Å². The summed E-state index contributed by atoms with van der Waals surface area (Å²) in [4.78, 5) is 21.9. The van der Waals surface area contributed by atoms with Crippen LogP contribution in [0.4, 0.5) is 9.18 Å². The van der Waals surface area contributed by atoms with Gasteiger partial charge in [-0.1, -0.05) is 23.4 Å². The third-order valence-corrected chi connectivity index (χ3v) is 2.29. The van der Waals surface area contributed by atoms with Crippen molar-refractivity contribution in [1.29, 1.82) is 0 Å². The summed E-state index contributed by atoms with van der Waals surface area (Å²) in [5.74, 6) is 3.83. The Balaban J connectivity index is 2.24. The highest BCUT2D eigenvalue weighted by Gasteiger charge is 2.27. The van der Waals surface area contributed by atoms with Gasteiger partial charge in [0.1, 0.15) is 5.82 Å². The third kappa shape index (κ3) is 2.55. The number of hydrogen-bond donors (Lipinski definition) is 2. The number of carbonyl (C=O) groups excluding carboxylic acids is 2. The maximum Gasteiger partial charge on any atom is 0.322 e. The number of benzene rings is 1. The van der Waals surface area contributed by atoms with E-state index in [4.69, 9.17) is 11.6 Å². The average Bonchev–Trinajstić information content (AvgIpc) is 2.59. The molecule has 0 saturated carbocycles. The Kier molecular flexibility index (Phi) is 2.98. The van der Waals surface area contributed by atoms with Crippen LogP contribution in [0.2, 0.25) is 5.02 Å². The van der Waals surface area contributed by atoms with E-state index in [1.165, 1.54) is 18.2 Å². The summed E-state index contributed by atoms with van der Waals surface area (Å²) in [6, 6.07) is 2.35. The van der Waals surface area contributed by atoms with Gasteiger partial charge in [0.25, 0.3) is 5.91 Å². The number of imide groups is 1. The standard InChI is InChI=1S/C11H6ClFN2O2/c12-7-2-3-8(13)6(5-7)1-4-9-10(16)15-11(17)14-9/h2-3,5,9H,(H2,14,15,16,17). The Morgan fingerprint density at radius 3 is 2.76 bits per heavy atom. The van der Waals surface area contributed by atoms with Crippen LogP contribution in [-0.4, -0.2) is 18.0 Å². The van der Waals surface area contributed by atoms with E-state index in [9.17, 15) is 14.0 Å². The van der Waals surface area contributed by atoms with Gasteiger partial charge >= 0.3 is 6.03 Å². The predicted octanol–water partition coefficient (Wildman–Crippen LogP) is 1.04. The first kappa shape index (κ1) is 11.4. The monoisotopic (exact) mass is 252 g/mol. The van der Waals surface area contributed by atoms with E-state index < -0.39 is 23.8 Å². The lowest BCUT2D eigenvalue weighted by Crippen LogP contribution is -2.26. The van der Waals surface area contributed by atoms with Crippen LogP contribution in [0.3, 0.4) is 0 Å². The largest absolute Gasteiger partial charge is 0.322 e. The lowest BCUT2D eigenvalue weighted by molar-refractivity contribution is -0.119. The molecule has 1 aromatic carbocycles. The molecule has 17 heavy (non-hydrogen) atoms. The molecule has 1 fully saturated rings. The first-order valence-corrected chi connectivity index (χ1v) is 5.02. The van der Waals surface area contributed by atoms with Crippen LogP contribution in [-0.2, 0) is 4.79 Å². The Bertz CT molecular complexity index is 562. The Morgan fingerprint density at radius 1 is 1.35 bits per heavy atom. The van der Waals surface area contributed by atoms with E-state index in [-0.39, 0.29) is 5.56 Å². The van der Waals surface area contributed by atoms with Crippen molar-refractivity contribution in [2.45, 2.75) is 6.04 Å². The van der Waals surface area contributed by atoms with E-state index in [1.54, 1.807) is 0 Å². The number of carbonyl (C=O) groups is 2. The van der Waals surface area contributed by atoms with Crippen molar-refractivity contribution >= 4 is 23.5 Å². The summed E-state index contributed by atoms with van der Waals surface area (Å²) < 4.78 is 13.3. The van der Waals surface area contributed by atoms with Gasteiger partial charge in [0.05, 0.1) is 5.56 Å². The van der Waals surface area contributed by atoms with Crippen molar-refractivity contribution in [1.82, 2.24) is 10.6 Å². The van der Waals surface area contributed by atoms with Crippen molar-refractivity contribution < 1.29 is 14.0 Å². The molecule has 3 amide bonds. The van der Waals surface area contributed by atoms with Gasteiger partial charge in [0, 0.05) is 5.02 Å². The number of hydrogen-bond acceptors (Lipinski definition) is 2. The Hall–Kier alpha value is -2.06. The molecule has 2 rings (SSSR count). The van der Waals surface area contributed by atoms with Gasteiger partial charge in [-0.3, -0.25) is 10.1 Å². The van der Waals surface area contributed by atoms with E-state index in [0.717, 1.165) is 0 Å². The summed E-state index contributed by atoms with van der Waals surface area (Å²) >= 11 is 5.68. The first-order chi connectivity index (χ1) is 8.06. The summed E-state index contributed by atoms with van der Waals surface area (Å²) in [7, 11) is 0. The summed E-state index contributed by atoms with van der Waals surface area (Å²) in [5, 5.41) is 4.64. The zero-order valence-electron chi connectivity index (χ0n) is 8.38. The van der Waals surface area contributed by atoms with Gasteiger partial charge in [-0.2, -0.15) is 0 Å². The van der Waals surface area contributed by atoms with Crippen LogP contribution in [0, 0.1) is 17.7 Å². The molecule has 1 unspecified atom stereocenters. The van der Waals surface area contributed by atoms with Gasteiger partial charge in [-0.25, -0.2) is 9.18 Å². The van der Waals surface area contributed by atoms with Crippen LogP contribution >= 0.6 is 11.6 Å². The smallest absolute Gasteiger partial charge is 0.316 e. The van der Waals surface area contributed by atoms with Crippen molar-refractivity contribution in [3.8, 4) is 11.8 Å². The van der Waals surface area contributed by atoms with Gasteiger partial charge in [0.15, 0.2) is 6.04 Å². The van der Waals surface area contributed by atoms with Crippen LogP contribution in [0.25, 0.3) is 0 Å². The molecule has 1 aromatic rings. The van der Waals surface area contributed by atoms with Gasteiger partial charge in [0.2, 0.25) is 0 Å². The molecule has 86 valence electrons. The summed E-state index contributed by atoms with van der Waals surface area (Å²) in [6.07, 6.45) is 0. The third-order valence-electron chi connectivity index (χ3n) is 2.05. The fraction of sp³-hybridized carbons (Fsp3) is 0.0909. The number of halogens is 2. The predicted molar refractivity (Wildman–Crippen MR) is 58.8 cm³/mol. The molecule has 1 atom stereocenters. The van der Waals surface area contributed by atoms with Crippen molar-refractivity contribution in [3.63, 3.8) is 0 Å². The molecular formula is C11H6ClFN2O2. The molecule has 0 radical (unpaired) electrons. The Labute approximate surface area is 101 Å². The lowest BCUT2D eigenvalue weighted by Gasteiger charge is -1.97. The minimum absolute atomic E-state index is 0.0754. The second-order valence-corrected chi connectivity index (χ2v) is 3.73. The average molecular weight is 253 g/mol. The number of urea groups is 1. The molecule has 1 aliphatic rings. The second-order valence-electron chi connectivity index (χ2n) is 3.29. The van der Waals surface area contributed by atoms with Crippen LogP contribution in [0.15, 0.2) is 18.2 Å². The quantitative estimate of drug-likeness (QED) is 0.535. The number of amides is 3. The van der Waals surface area contributed by atoms with E-state index >= 15 is 0 Å². The molecule has 0 aliphatic carbocycles. The van der Waals surface area contributed by atoms with Gasteiger partial charge in [-0.15, -0.1) is 0 Å². The molecule has 1 heterocycles. The highest BCUT2D eigenvalue weighted by molar-refractivity contribution is 6.30. The van der Waals surface area contributed by atoms with E-state index in [0.29, 0.717) is 5.02 Å². The maximum atomic E-state index is 13.3. The molecule has 0 aromatic heterocycles. The molecule has 1 aliphatic heterocycles. The number of rotatable bonds is 0. The molecule has 0 spiro atoms. The highest BCUT2D eigenvalue weighted by atomic mass is 35.5. The summed E-state index contributed by atoms with van der Waals surface area (Å²) in [5.41, 5.74) is 0.0754. The minimum Gasteiger partial charge on any atom is -0.316 e.